The van der Waals surface area contributed by atoms with Crippen LogP contribution in [0.4, 0.5) is 0 Å². The Morgan fingerprint density at radius 3 is 2.15 bits per heavy atom. The van der Waals surface area contributed by atoms with E-state index in [0.717, 1.165) is 10.6 Å². The predicted octanol–water partition coefficient (Wildman–Crippen LogP) is 2.20. The van der Waals surface area contributed by atoms with E-state index in [2.05, 4.69) is 5.32 Å². The van der Waals surface area contributed by atoms with Gasteiger partial charge in [-0.3, -0.25) is 4.79 Å². The maximum atomic E-state index is 12.8. The number of amides is 1. The molecule has 0 heterocycles. The van der Waals surface area contributed by atoms with E-state index in [1.165, 1.54) is 7.05 Å². The molecule has 2 atom stereocenters. The van der Waals surface area contributed by atoms with Crippen LogP contribution < -0.4 is 10.1 Å². The zero-order valence-corrected chi connectivity index (χ0v) is 15.9. The Morgan fingerprint density at radius 2 is 1.62 bits per heavy atom. The second-order valence-corrected chi connectivity index (χ2v) is 8.17. The highest BCUT2D eigenvalue weighted by Gasteiger charge is 2.31. The summed E-state index contributed by atoms with van der Waals surface area (Å²) in [5.41, 5.74) is 0.606. The number of sulfonamides is 1. The van der Waals surface area contributed by atoms with Gasteiger partial charge in [-0.05, 0) is 24.6 Å². The molecular weight excluding hydrogens is 352 g/mol. The molecule has 0 aliphatic rings. The lowest BCUT2D eigenvalue weighted by molar-refractivity contribution is -0.125. The molecule has 2 unspecified atom stereocenters. The Kier molecular flexibility index (Phi) is 6.76. The summed E-state index contributed by atoms with van der Waals surface area (Å²) in [5.74, 6) is 0.315. The summed E-state index contributed by atoms with van der Waals surface area (Å²) in [5, 5.41) is 2.83. The molecule has 0 spiro atoms. The van der Waals surface area contributed by atoms with Gasteiger partial charge in [0.15, 0.2) is 0 Å². The van der Waals surface area contributed by atoms with Gasteiger partial charge in [0.05, 0.1) is 12.3 Å². The second kappa shape index (κ2) is 8.82. The molecule has 0 aliphatic heterocycles. The number of nitrogens with zero attached hydrogens (tertiary/aromatic N) is 1. The molecule has 0 saturated heterocycles. The molecule has 6 nitrogen and oxygen atoms in total. The standard InChI is InChI=1S/C19H24N2O4S/c1-15(14-25-17-12-8-5-9-13-17)20-19(22)18(21(2)26(3,23)24)16-10-6-4-7-11-16/h4-13,15,18H,14H2,1-3H3,(H,20,22). The number of rotatable bonds is 8. The normalized spacial score (nSPS) is 13.8. The van der Waals surface area contributed by atoms with Crippen LogP contribution in [0.3, 0.4) is 0 Å². The lowest BCUT2D eigenvalue weighted by atomic mass is 10.1. The number of para-hydroxylation sites is 1. The predicted molar refractivity (Wildman–Crippen MR) is 101 cm³/mol. The monoisotopic (exact) mass is 376 g/mol. The first kappa shape index (κ1) is 19.9. The first-order valence-corrected chi connectivity index (χ1v) is 10.1. The van der Waals surface area contributed by atoms with Crippen molar-refractivity contribution in [1.29, 1.82) is 0 Å². The van der Waals surface area contributed by atoms with Gasteiger partial charge in [-0.1, -0.05) is 48.5 Å². The number of carbonyl (C=O) groups is 1. The number of likely N-dealkylation sites (N-methyl/N-ethyl adjacent to an activating group) is 1. The van der Waals surface area contributed by atoms with E-state index in [1.54, 1.807) is 24.3 Å². The van der Waals surface area contributed by atoms with Crippen molar-refractivity contribution >= 4 is 15.9 Å². The fraction of sp³-hybridized carbons (Fsp3) is 0.316. The molecule has 1 amide bonds. The molecule has 0 fully saturated rings. The van der Waals surface area contributed by atoms with Crippen molar-refractivity contribution in [3.63, 3.8) is 0 Å². The van der Waals surface area contributed by atoms with E-state index in [0.29, 0.717) is 11.3 Å². The quantitative estimate of drug-likeness (QED) is 0.766. The van der Waals surface area contributed by atoms with E-state index in [1.807, 2.05) is 43.3 Å². The first-order chi connectivity index (χ1) is 12.3. The molecule has 0 aliphatic carbocycles. The van der Waals surface area contributed by atoms with E-state index >= 15 is 0 Å². The van der Waals surface area contributed by atoms with Crippen LogP contribution in [0.5, 0.6) is 5.75 Å². The second-order valence-electron chi connectivity index (χ2n) is 6.13. The highest BCUT2D eigenvalue weighted by atomic mass is 32.2. The summed E-state index contributed by atoms with van der Waals surface area (Å²) >= 11 is 0. The molecule has 0 radical (unpaired) electrons. The van der Waals surface area contributed by atoms with Gasteiger partial charge in [0.2, 0.25) is 15.9 Å². The minimum absolute atomic E-state index is 0.278. The fourth-order valence-corrected chi connectivity index (χ4v) is 3.06. The zero-order valence-electron chi connectivity index (χ0n) is 15.1. The maximum absolute atomic E-state index is 12.8. The van der Waals surface area contributed by atoms with Crippen LogP contribution in [0.2, 0.25) is 0 Å². The van der Waals surface area contributed by atoms with Crippen LogP contribution in [0, 0.1) is 0 Å². The van der Waals surface area contributed by atoms with Crippen LogP contribution in [0.1, 0.15) is 18.5 Å². The number of ether oxygens (including phenoxy) is 1. The van der Waals surface area contributed by atoms with Crippen LogP contribution in [-0.2, 0) is 14.8 Å². The van der Waals surface area contributed by atoms with Crippen molar-refractivity contribution in [3.8, 4) is 5.75 Å². The Balaban J connectivity index is 2.08. The Hall–Kier alpha value is -2.38. The molecule has 140 valence electrons. The third-order valence-electron chi connectivity index (χ3n) is 3.88. The zero-order chi connectivity index (χ0) is 19.2. The van der Waals surface area contributed by atoms with E-state index in [4.69, 9.17) is 4.74 Å². The lowest BCUT2D eigenvalue weighted by Gasteiger charge is -2.27. The minimum atomic E-state index is -3.55. The van der Waals surface area contributed by atoms with Crippen LogP contribution in [0.15, 0.2) is 60.7 Å². The summed E-state index contributed by atoms with van der Waals surface area (Å²) in [6.45, 7) is 2.09. The van der Waals surface area contributed by atoms with Gasteiger partial charge in [0.1, 0.15) is 18.4 Å². The molecular formula is C19H24N2O4S. The van der Waals surface area contributed by atoms with E-state index in [-0.39, 0.29) is 12.6 Å². The molecule has 2 rings (SSSR count). The average molecular weight is 376 g/mol. The Morgan fingerprint density at radius 1 is 1.08 bits per heavy atom. The Labute approximate surface area is 154 Å². The SMILES string of the molecule is CC(COc1ccccc1)NC(=O)C(c1ccccc1)N(C)S(C)(=O)=O. The van der Waals surface area contributed by atoms with Crippen molar-refractivity contribution in [3.05, 3.63) is 66.2 Å². The van der Waals surface area contributed by atoms with Crippen molar-refractivity contribution in [2.24, 2.45) is 0 Å². The molecule has 0 aromatic heterocycles. The molecule has 2 aromatic rings. The van der Waals surface area contributed by atoms with E-state index in [9.17, 15) is 13.2 Å². The third-order valence-corrected chi connectivity index (χ3v) is 5.14. The van der Waals surface area contributed by atoms with Crippen LogP contribution in [-0.4, -0.2) is 44.6 Å². The highest BCUT2D eigenvalue weighted by molar-refractivity contribution is 7.88. The number of benzene rings is 2. The van der Waals surface area contributed by atoms with Gasteiger partial charge in [-0.2, -0.15) is 4.31 Å². The van der Waals surface area contributed by atoms with Crippen LogP contribution in [0.25, 0.3) is 0 Å². The molecule has 2 aromatic carbocycles. The smallest absolute Gasteiger partial charge is 0.243 e. The number of hydrogen-bond donors (Lipinski definition) is 1. The third kappa shape index (κ3) is 5.57. The number of nitrogens with one attached hydrogen (secondary N) is 1. The van der Waals surface area contributed by atoms with Crippen molar-refractivity contribution in [2.45, 2.75) is 19.0 Å². The molecule has 7 heteroatoms. The van der Waals surface area contributed by atoms with Crippen molar-refractivity contribution < 1.29 is 17.9 Å². The summed E-state index contributed by atoms with van der Waals surface area (Å²) in [6, 6.07) is 16.9. The summed E-state index contributed by atoms with van der Waals surface area (Å²) in [7, 11) is -2.14. The van der Waals surface area contributed by atoms with Gasteiger partial charge in [-0.25, -0.2) is 8.42 Å². The number of carbonyl (C=O) groups excluding carboxylic acids is 1. The van der Waals surface area contributed by atoms with Gasteiger partial charge in [0, 0.05) is 7.05 Å². The van der Waals surface area contributed by atoms with Crippen LogP contribution >= 0.6 is 0 Å². The van der Waals surface area contributed by atoms with Gasteiger partial charge in [-0.15, -0.1) is 0 Å². The van der Waals surface area contributed by atoms with Crippen molar-refractivity contribution in [1.82, 2.24) is 9.62 Å². The fourth-order valence-electron chi connectivity index (χ4n) is 2.45. The summed E-state index contributed by atoms with van der Waals surface area (Å²) in [6.07, 6.45) is 1.08. The van der Waals surface area contributed by atoms with Gasteiger partial charge in [0.25, 0.3) is 0 Å². The molecule has 1 N–H and O–H groups in total. The minimum Gasteiger partial charge on any atom is -0.491 e. The maximum Gasteiger partial charge on any atom is 0.243 e. The van der Waals surface area contributed by atoms with E-state index < -0.39 is 22.0 Å². The van der Waals surface area contributed by atoms with Gasteiger partial charge >= 0.3 is 0 Å². The topological polar surface area (TPSA) is 75.7 Å². The number of hydrogen-bond acceptors (Lipinski definition) is 4. The lowest BCUT2D eigenvalue weighted by Crippen LogP contribution is -2.45. The summed E-state index contributed by atoms with van der Waals surface area (Å²) < 4.78 is 30.6. The Bertz CT molecular complexity index is 810. The molecule has 0 bridgehead atoms. The molecule has 26 heavy (non-hydrogen) atoms. The summed E-state index contributed by atoms with van der Waals surface area (Å²) in [4.78, 5) is 12.8. The average Bonchev–Trinajstić information content (AvgIpc) is 2.61. The van der Waals surface area contributed by atoms with Gasteiger partial charge < -0.3 is 10.1 Å². The van der Waals surface area contributed by atoms with Crippen molar-refractivity contribution in [2.75, 3.05) is 19.9 Å². The largest absolute Gasteiger partial charge is 0.491 e. The first-order valence-electron chi connectivity index (χ1n) is 8.25. The molecule has 0 saturated carbocycles. The highest BCUT2D eigenvalue weighted by Crippen LogP contribution is 2.22.